The summed E-state index contributed by atoms with van der Waals surface area (Å²) in [5, 5.41) is 14.7. The van der Waals surface area contributed by atoms with Crippen LogP contribution < -0.4 is 0 Å². The molecule has 1 atom stereocenters. The van der Waals surface area contributed by atoms with Crippen molar-refractivity contribution in [1.82, 2.24) is 24.5 Å². The number of likely N-dealkylation sites (N-methyl/N-ethyl adjacent to an activating group) is 1. The Morgan fingerprint density at radius 1 is 1.42 bits per heavy atom. The number of carbonyl (C=O) groups excluding carboxylic acids is 1. The van der Waals surface area contributed by atoms with E-state index >= 15 is 0 Å². The van der Waals surface area contributed by atoms with E-state index in [1.807, 2.05) is 13.8 Å². The fourth-order valence-electron chi connectivity index (χ4n) is 3.84. The maximum atomic E-state index is 12.7. The maximum absolute atomic E-state index is 12.7. The number of aliphatic hydroxyl groups excluding tert-OH is 1. The lowest BCUT2D eigenvalue weighted by molar-refractivity contribution is 0.0720. The molecule has 0 unspecified atom stereocenters. The van der Waals surface area contributed by atoms with Crippen molar-refractivity contribution in [1.29, 1.82) is 0 Å². The average molecular weight is 373 g/mol. The zero-order valence-electron chi connectivity index (χ0n) is 15.3. The van der Waals surface area contributed by atoms with Gasteiger partial charge in [-0.1, -0.05) is 6.92 Å². The fraction of sp³-hybridized carbons (Fsp3) is 0.556. The predicted octanol–water partition coefficient (Wildman–Crippen LogP) is 2.54. The van der Waals surface area contributed by atoms with Crippen LogP contribution in [-0.4, -0.2) is 55.2 Å². The molecule has 138 valence electrons. The van der Waals surface area contributed by atoms with Crippen LogP contribution in [0.5, 0.6) is 0 Å². The van der Waals surface area contributed by atoms with Crippen molar-refractivity contribution in [3.8, 4) is 0 Å². The molecular weight excluding hydrogens is 350 g/mol. The first kappa shape index (κ1) is 17.4. The van der Waals surface area contributed by atoms with Crippen LogP contribution in [0.1, 0.15) is 59.5 Å². The molecule has 1 N–H and O–H groups in total. The molecule has 0 aliphatic heterocycles. The number of aliphatic hydroxyl groups is 1. The van der Waals surface area contributed by atoms with E-state index in [1.54, 1.807) is 20.8 Å². The molecule has 3 aromatic heterocycles. The van der Waals surface area contributed by atoms with Crippen LogP contribution in [0, 0.1) is 6.92 Å². The van der Waals surface area contributed by atoms with Gasteiger partial charge in [-0.15, -0.1) is 16.4 Å². The van der Waals surface area contributed by atoms with E-state index in [9.17, 15) is 9.90 Å². The first-order valence-corrected chi connectivity index (χ1v) is 9.95. The highest BCUT2D eigenvalue weighted by Crippen LogP contribution is 2.42. The topological polar surface area (TPSA) is 83.6 Å². The Morgan fingerprint density at radius 2 is 2.23 bits per heavy atom. The summed E-state index contributed by atoms with van der Waals surface area (Å²) in [6.45, 7) is 6.74. The number of thiophene rings is 1. The molecule has 7 nitrogen and oxygen atoms in total. The third-order valence-electron chi connectivity index (χ3n) is 5.17. The van der Waals surface area contributed by atoms with Gasteiger partial charge in [0.05, 0.1) is 12.0 Å². The van der Waals surface area contributed by atoms with Gasteiger partial charge in [-0.25, -0.2) is 9.97 Å². The fourth-order valence-corrected chi connectivity index (χ4v) is 5.22. The molecule has 8 heteroatoms. The summed E-state index contributed by atoms with van der Waals surface area (Å²) in [4.78, 5) is 26.0. The van der Waals surface area contributed by atoms with Gasteiger partial charge in [0, 0.05) is 18.0 Å². The number of nitrogens with zero attached hydrogens (tertiary/aromatic N) is 5. The Labute approximate surface area is 155 Å². The lowest BCUT2D eigenvalue weighted by Crippen LogP contribution is -2.34. The Bertz CT molecular complexity index is 993. The summed E-state index contributed by atoms with van der Waals surface area (Å²) >= 11 is 1.75. The van der Waals surface area contributed by atoms with Gasteiger partial charge >= 0.3 is 0 Å². The Kier molecular flexibility index (Phi) is 4.40. The predicted molar refractivity (Wildman–Crippen MR) is 101 cm³/mol. The van der Waals surface area contributed by atoms with E-state index in [4.69, 9.17) is 4.98 Å². The highest BCUT2D eigenvalue weighted by Gasteiger charge is 2.27. The van der Waals surface area contributed by atoms with E-state index in [-0.39, 0.29) is 24.9 Å². The van der Waals surface area contributed by atoms with Gasteiger partial charge in [-0.3, -0.25) is 4.79 Å². The number of hydrogen-bond acceptors (Lipinski definition) is 6. The first-order valence-electron chi connectivity index (χ1n) is 9.13. The second-order valence-electron chi connectivity index (χ2n) is 6.85. The lowest BCUT2D eigenvalue weighted by atomic mass is 9.87. The first-order chi connectivity index (χ1) is 12.5. The number of hydrogen-bond donors (Lipinski definition) is 1. The molecule has 26 heavy (non-hydrogen) atoms. The molecule has 4 rings (SSSR count). The van der Waals surface area contributed by atoms with Crippen LogP contribution in [0.2, 0.25) is 0 Å². The van der Waals surface area contributed by atoms with Crippen LogP contribution >= 0.6 is 11.3 Å². The minimum absolute atomic E-state index is 0.0761. The minimum Gasteiger partial charge on any atom is -0.395 e. The Hall–Kier alpha value is -2.06. The van der Waals surface area contributed by atoms with Gasteiger partial charge in [-0.05, 0) is 44.6 Å². The molecular formula is C18H23N5O2S. The summed E-state index contributed by atoms with van der Waals surface area (Å²) in [6, 6.07) is 0. The van der Waals surface area contributed by atoms with Crippen molar-refractivity contribution in [2.24, 2.45) is 0 Å². The molecule has 0 radical (unpaired) electrons. The maximum Gasteiger partial charge on any atom is 0.293 e. The monoisotopic (exact) mass is 373 g/mol. The molecule has 3 heterocycles. The van der Waals surface area contributed by atoms with Gasteiger partial charge < -0.3 is 10.0 Å². The van der Waals surface area contributed by atoms with Gasteiger partial charge in [0.1, 0.15) is 10.7 Å². The van der Waals surface area contributed by atoms with E-state index in [2.05, 4.69) is 17.0 Å². The SMILES string of the molecule is CCN(CCO)C(=O)c1nc2c3c4c(sc3nc(C)n2n1)CCC[C@H]4C. The second-order valence-corrected chi connectivity index (χ2v) is 7.93. The van der Waals surface area contributed by atoms with Crippen LogP contribution in [0.25, 0.3) is 15.9 Å². The Morgan fingerprint density at radius 3 is 2.96 bits per heavy atom. The summed E-state index contributed by atoms with van der Waals surface area (Å²) in [5.74, 6) is 1.12. The lowest BCUT2D eigenvalue weighted by Gasteiger charge is -2.18. The van der Waals surface area contributed by atoms with Gasteiger partial charge in [-0.2, -0.15) is 4.52 Å². The van der Waals surface area contributed by atoms with Crippen molar-refractivity contribution in [3.63, 3.8) is 0 Å². The number of aromatic nitrogens is 4. The van der Waals surface area contributed by atoms with Crippen LogP contribution in [0.3, 0.4) is 0 Å². The van der Waals surface area contributed by atoms with Crippen LogP contribution in [-0.2, 0) is 6.42 Å². The molecule has 0 saturated carbocycles. The summed E-state index contributed by atoms with van der Waals surface area (Å²) in [5.41, 5.74) is 2.06. The smallest absolute Gasteiger partial charge is 0.293 e. The van der Waals surface area contributed by atoms with Crippen molar-refractivity contribution in [2.75, 3.05) is 19.7 Å². The molecule has 1 aliphatic carbocycles. The minimum atomic E-state index is -0.255. The number of amides is 1. The number of aryl methyl sites for hydroxylation is 2. The highest BCUT2D eigenvalue weighted by atomic mass is 32.1. The third kappa shape index (κ3) is 2.59. The standard InChI is InChI=1S/C18H23N5O2S/c1-4-22(8-9-24)18(25)15-20-16-14-13-10(2)6-5-7-12(13)26-17(14)19-11(3)23(16)21-15/h10,24H,4-9H2,1-3H3/t10-/m1/s1. The summed E-state index contributed by atoms with van der Waals surface area (Å²) in [7, 11) is 0. The molecule has 1 amide bonds. The van der Waals surface area contributed by atoms with E-state index < -0.39 is 0 Å². The zero-order valence-corrected chi connectivity index (χ0v) is 16.1. The molecule has 0 fully saturated rings. The van der Waals surface area contributed by atoms with Crippen molar-refractivity contribution < 1.29 is 9.90 Å². The highest BCUT2D eigenvalue weighted by molar-refractivity contribution is 7.19. The molecule has 0 bridgehead atoms. The second kappa shape index (κ2) is 6.59. The summed E-state index contributed by atoms with van der Waals surface area (Å²) in [6.07, 6.45) is 3.46. The Balaban J connectivity index is 1.92. The number of rotatable bonds is 4. The number of fused-ring (bicyclic) bond motifs is 5. The van der Waals surface area contributed by atoms with E-state index in [0.717, 1.165) is 28.1 Å². The normalized spacial score (nSPS) is 17.0. The van der Waals surface area contributed by atoms with Crippen molar-refractivity contribution in [3.05, 3.63) is 22.1 Å². The largest absolute Gasteiger partial charge is 0.395 e. The van der Waals surface area contributed by atoms with Crippen molar-refractivity contribution >= 4 is 33.1 Å². The van der Waals surface area contributed by atoms with E-state index in [0.29, 0.717) is 12.5 Å². The van der Waals surface area contributed by atoms with Gasteiger partial charge in [0.15, 0.2) is 5.65 Å². The molecule has 0 aromatic carbocycles. The van der Waals surface area contributed by atoms with Crippen LogP contribution in [0.15, 0.2) is 0 Å². The van der Waals surface area contributed by atoms with Gasteiger partial charge in [0.2, 0.25) is 5.82 Å². The van der Waals surface area contributed by atoms with Crippen LogP contribution in [0.4, 0.5) is 0 Å². The third-order valence-corrected chi connectivity index (χ3v) is 6.33. The quantitative estimate of drug-likeness (QED) is 0.760. The molecule has 0 saturated heterocycles. The molecule has 1 aliphatic rings. The summed E-state index contributed by atoms with van der Waals surface area (Å²) < 4.78 is 1.69. The average Bonchev–Trinajstić information content (AvgIpc) is 3.21. The molecule has 0 spiro atoms. The van der Waals surface area contributed by atoms with E-state index in [1.165, 1.54) is 23.3 Å². The van der Waals surface area contributed by atoms with Crippen molar-refractivity contribution in [2.45, 2.75) is 46.0 Å². The van der Waals surface area contributed by atoms with Gasteiger partial charge in [0.25, 0.3) is 5.91 Å². The number of carbonyl (C=O) groups is 1. The molecule has 3 aromatic rings. The zero-order chi connectivity index (χ0) is 18.4.